The molecule has 0 aliphatic carbocycles. The molecule has 0 spiro atoms. The SMILES string of the molecule is Nc1nc(CC2CCOC2)nc2c1COCC2. The molecule has 17 heavy (non-hydrogen) atoms. The molecule has 0 saturated carbocycles. The number of nitrogen functional groups attached to an aromatic ring is 1. The van der Waals surface area contributed by atoms with E-state index >= 15 is 0 Å². The Balaban J connectivity index is 1.82. The Labute approximate surface area is 100 Å². The summed E-state index contributed by atoms with van der Waals surface area (Å²) >= 11 is 0. The third-order valence-electron chi connectivity index (χ3n) is 3.40. The number of anilines is 1. The maximum atomic E-state index is 5.95. The minimum absolute atomic E-state index is 0.548. The zero-order valence-electron chi connectivity index (χ0n) is 9.82. The Morgan fingerprint density at radius 2 is 2.18 bits per heavy atom. The van der Waals surface area contributed by atoms with Crippen molar-refractivity contribution in [3.63, 3.8) is 0 Å². The van der Waals surface area contributed by atoms with E-state index in [1.165, 1.54) is 0 Å². The highest BCUT2D eigenvalue weighted by atomic mass is 16.5. The first-order valence-electron chi connectivity index (χ1n) is 6.12. The summed E-state index contributed by atoms with van der Waals surface area (Å²) in [5.41, 5.74) is 8.00. The molecule has 1 unspecified atom stereocenters. The largest absolute Gasteiger partial charge is 0.383 e. The second kappa shape index (κ2) is 4.58. The van der Waals surface area contributed by atoms with Gasteiger partial charge in [0, 0.05) is 31.6 Å². The smallest absolute Gasteiger partial charge is 0.132 e. The van der Waals surface area contributed by atoms with Crippen molar-refractivity contribution in [1.82, 2.24) is 9.97 Å². The van der Waals surface area contributed by atoms with Gasteiger partial charge in [-0.1, -0.05) is 0 Å². The maximum Gasteiger partial charge on any atom is 0.132 e. The Morgan fingerprint density at radius 1 is 1.24 bits per heavy atom. The van der Waals surface area contributed by atoms with Gasteiger partial charge in [0.2, 0.25) is 0 Å². The Kier molecular flexibility index (Phi) is 2.94. The van der Waals surface area contributed by atoms with Crippen LogP contribution in [-0.4, -0.2) is 29.8 Å². The normalized spacial score (nSPS) is 23.6. The third-order valence-corrected chi connectivity index (χ3v) is 3.40. The van der Waals surface area contributed by atoms with Crippen LogP contribution in [0.3, 0.4) is 0 Å². The molecule has 1 aromatic heterocycles. The van der Waals surface area contributed by atoms with E-state index in [9.17, 15) is 0 Å². The van der Waals surface area contributed by atoms with Gasteiger partial charge in [0.1, 0.15) is 11.6 Å². The predicted molar refractivity (Wildman–Crippen MR) is 62.4 cm³/mol. The van der Waals surface area contributed by atoms with Gasteiger partial charge in [-0.3, -0.25) is 0 Å². The molecule has 0 bridgehead atoms. The summed E-state index contributed by atoms with van der Waals surface area (Å²) in [5.74, 6) is 1.99. The summed E-state index contributed by atoms with van der Waals surface area (Å²) in [4.78, 5) is 8.99. The molecule has 2 N–H and O–H groups in total. The van der Waals surface area contributed by atoms with Crippen LogP contribution in [0.2, 0.25) is 0 Å². The Bertz CT molecular complexity index is 416. The molecule has 0 amide bonds. The van der Waals surface area contributed by atoms with Crippen LogP contribution in [0.5, 0.6) is 0 Å². The van der Waals surface area contributed by atoms with Gasteiger partial charge in [-0.05, 0) is 12.3 Å². The van der Waals surface area contributed by atoms with E-state index in [2.05, 4.69) is 9.97 Å². The number of fused-ring (bicyclic) bond motifs is 1. The quantitative estimate of drug-likeness (QED) is 0.817. The number of rotatable bonds is 2. The number of hydrogen-bond donors (Lipinski definition) is 1. The second-order valence-corrected chi connectivity index (χ2v) is 4.69. The zero-order chi connectivity index (χ0) is 11.7. The van der Waals surface area contributed by atoms with Gasteiger partial charge in [-0.25, -0.2) is 9.97 Å². The molecule has 5 heteroatoms. The number of hydrogen-bond acceptors (Lipinski definition) is 5. The monoisotopic (exact) mass is 235 g/mol. The minimum Gasteiger partial charge on any atom is -0.383 e. The first-order valence-corrected chi connectivity index (χ1v) is 6.12. The van der Waals surface area contributed by atoms with Crippen LogP contribution in [0.4, 0.5) is 5.82 Å². The van der Waals surface area contributed by atoms with Crippen LogP contribution in [0.25, 0.3) is 0 Å². The van der Waals surface area contributed by atoms with Gasteiger partial charge in [0.15, 0.2) is 0 Å². The van der Waals surface area contributed by atoms with Crippen LogP contribution in [0, 0.1) is 5.92 Å². The zero-order valence-corrected chi connectivity index (χ0v) is 9.82. The highest BCUT2D eigenvalue weighted by Crippen LogP contribution is 2.22. The highest BCUT2D eigenvalue weighted by Gasteiger charge is 2.21. The van der Waals surface area contributed by atoms with Crippen LogP contribution >= 0.6 is 0 Å². The Hall–Kier alpha value is -1.20. The molecule has 0 aromatic carbocycles. The molecule has 2 aliphatic rings. The average Bonchev–Trinajstić information content (AvgIpc) is 2.82. The van der Waals surface area contributed by atoms with Crippen molar-refractivity contribution in [2.75, 3.05) is 25.6 Å². The first kappa shape index (κ1) is 10.9. The van der Waals surface area contributed by atoms with Gasteiger partial charge in [-0.15, -0.1) is 0 Å². The molecule has 1 fully saturated rings. The van der Waals surface area contributed by atoms with Crippen molar-refractivity contribution in [1.29, 1.82) is 0 Å². The predicted octanol–water partition coefficient (Wildman–Crippen LogP) is 0.710. The molecule has 2 aliphatic heterocycles. The average molecular weight is 235 g/mol. The number of nitrogens with two attached hydrogens (primary N) is 1. The third kappa shape index (κ3) is 2.25. The fraction of sp³-hybridized carbons (Fsp3) is 0.667. The number of aromatic nitrogens is 2. The van der Waals surface area contributed by atoms with Crippen molar-refractivity contribution >= 4 is 5.82 Å². The molecule has 1 atom stereocenters. The van der Waals surface area contributed by atoms with Crippen LogP contribution in [0.15, 0.2) is 0 Å². The molecule has 1 saturated heterocycles. The van der Waals surface area contributed by atoms with Gasteiger partial charge in [-0.2, -0.15) is 0 Å². The molecular weight excluding hydrogens is 218 g/mol. The van der Waals surface area contributed by atoms with E-state index in [-0.39, 0.29) is 0 Å². The standard InChI is InChI=1S/C12H17N3O2/c13-12-9-7-17-4-2-10(9)14-11(15-12)5-8-1-3-16-6-8/h8H,1-7H2,(H2,13,14,15). The summed E-state index contributed by atoms with van der Waals surface area (Å²) < 4.78 is 10.7. The van der Waals surface area contributed by atoms with E-state index in [1.54, 1.807) is 0 Å². The Morgan fingerprint density at radius 3 is 3.00 bits per heavy atom. The lowest BCUT2D eigenvalue weighted by atomic mass is 10.0. The summed E-state index contributed by atoms with van der Waals surface area (Å²) in [5, 5.41) is 0. The molecule has 5 nitrogen and oxygen atoms in total. The lowest BCUT2D eigenvalue weighted by molar-refractivity contribution is 0.109. The van der Waals surface area contributed by atoms with Crippen LogP contribution < -0.4 is 5.73 Å². The van der Waals surface area contributed by atoms with Crippen molar-refractivity contribution in [3.05, 3.63) is 17.1 Å². The maximum absolute atomic E-state index is 5.95. The summed E-state index contributed by atoms with van der Waals surface area (Å²) in [6, 6.07) is 0. The molecular formula is C12H17N3O2. The van der Waals surface area contributed by atoms with Crippen molar-refractivity contribution in [2.24, 2.45) is 5.92 Å². The molecule has 3 heterocycles. The highest BCUT2D eigenvalue weighted by molar-refractivity contribution is 5.42. The second-order valence-electron chi connectivity index (χ2n) is 4.69. The molecule has 1 aromatic rings. The van der Waals surface area contributed by atoms with Gasteiger partial charge in [0.05, 0.1) is 18.9 Å². The van der Waals surface area contributed by atoms with E-state index in [4.69, 9.17) is 15.2 Å². The minimum atomic E-state index is 0.548. The van der Waals surface area contributed by atoms with Gasteiger partial charge < -0.3 is 15.2 Å². The van der Waals surface area contributed by atoms with Crippen molar-refractivity contribution in [2.45, 2.75) is 25.9 Å². The molecule has 92 valence electrons. The first-order chi connectivity index (χ1) is 8.33. The fourth-order valence-electron chi connectivity index (χ4n) is 2.40. The van der Waals surface area contributed by atoms with E-state index < -0.39 is 0 Å². The van der Waals surface area contributed by atoms with Crippen molar-refractivity contribution in [3.8, 4) is 0 Å². The van der Waals surface area contributed by atoms with Gasteiger partial charge >= 0.3 is 0 Å². The van der Waals surface area contributed by atoms with Crippen LogP contribution in [0.1, 0.15) is 23.5 Å². The van der Waals surface area contributed by atoms with Gasteiger partial charge in [0.25, 0.3) is 0 Å². The summed E-state index contributed by atoms with van der Waals surface area (Å²) in [6.45, 7) is 2.96. The molecule has 3 rings (SSSR count). The number of ether oxygens (including phenoxy) is 2. The van der Waals surface area contributed by atoms with E-state index in [0.717, 1.165) is 56.2 Å². The number of nitrogens with zero attached hydrogens (tertiary/aromatic N) is 2. The lowest BCUT2D eigenvalue weighted by Crippen LogP contribution is -2.18. The topological polar surface area (TPSA) is 70.3 Å². The molecule has 0 radical (unpaired) electrons. The lowest BCUT2D eigenvalue weighted by Gasteiger charge is -2.18. The summed E-state index contributed by atoms with van der Waals surface area (Å²) in [7, 11) is 0. The summed E-state index contributed by atoms with van der Waals surface area (Å²) in [6.07, 6.45) is 2.82. The van der Waals surface area contributed by atoms with E-state index in [0.29, 0.717) is 18.3 Å². The van der Waals surface area contributed by atoms with E-state index in [1.807, 2.05) is 0 Å². The van der Waals surface area contributed by atoms with Crippen molar-refractivity contribution < 1.29 is 9.47 Å². The fourth-order valence-corrected chi connectivity index (χ4v) is 2.40. The van der Waals surface area contributed by atoms with Crippen LogP contribution in [-0.2, 0) is 28.9 Å².